The lowest BCUT2D eigenvalue weighted by Crippen LogP contribution is -2.33. The van der Waals surface area contributed by atoms with Gasteiger partial charge in [-0.05, 0) is 123 Å². The third-order valence-corrected chi connectivity index (χ3v) is 18.1. The lowest BCUT2D eigenvalue weighted by molar-refractivity contribution is -0.137. The third kappa shape index (κ3) is 20.3. The number of carboxylic acid groups (broad SMARTS) is 1. The van der Waals surface area contributed by atoms with Crippen molar-refractivity contribution in [3.05, 3.63) is 144 Å². The second-order valence-electron chi connectivity index (χ2n) is 23.6. The summed E-state index contributed by atoms with van der Waals surface area (Å²) in [4.78, 5) is 66.0. The number of likely N-dealkylation sites (tertiary alicyclic amines) is 1. The van der Waals surface area contributed by atoms with Gasteiger partial charge in [-0.15, -0.1) is 0 Å². The molecule has 0 radical (unpaired) electrons. The number of nitrogens with zero attached hydrogens (tertiary/aromatic N) is 7. The summed E-state index contributed by atoms with van der Waals surface area (Å²) in [6.07, 6.45) is 10.0. The second-order valence-corrected chi connectivity index (χ2v) is 28.0. The molecule has 93 heavy (non-hydrogen) atoms. The molecule has 2 saturated heterocycles. The van der Waals surface area contributed by atoms with E-state index in [-0.39, 0.29) is 39.2 Å². The highest BCUT2D eigenvalue weighted by Crippen LogP contribution is 2.38. The number of anilines is 2. The average molecular weight is 1360 g/mol. The molecule has 0 unspecified atom stereocenters. The van der Waals surface area contributed by atoms with Crippen molar-refractivity contribution in [1.82, 2.24) is 48.7 Å². The Balaban J connectivity index is 0.000000219. The number of aliphatic carboxylic acids is 1. The number of amides is 3. The van der Waals surface area contributed by atoms with Crippen LogP contribution in [0, 0.1) is 0 Å². The smallest absolute Gasteiger partial charge is 0.407 e. The molecule has 4 aromatic heterocycles. The van der Waals surface area contributed by atoms with Crippen LogP contribution in [-0.4, -0.2) is 148 Å². The Bertz CT molecular complexity index is 4100. The molecule has 8 aromatic rings. The Labute approximate surface area is 552 Å². The first-order valence-electron chi connectivity index (χ1n) is 30.8. The molecule has 0 aliphatic carbocycles. The monoisotopic (exact) mass is 1360 g/mol. The molecule has 2 atom stereocenters. The number of ether oxygens (including phenoxy) is 2. The number of carboxylic acids is 1. The zero-order valence-electron chi connectivity index (χ0n) is 53.6. The van der Waals surface area contributed by atoms with Gasteiger partial charge in [0.25, 0.3) is 20.0 Å². The predicted octanol–water partition coefficient (Wildman–Crippen LogP) is 11.8. The summed E-state index contributed by atoms with van der Waals surface area (Å²) in [6, 6.07) is 31.3. The maximum atomic E-state index is 13.6. The van der Waals surface area contributed by atoms with Crippen molar-refractivity contribution in [2.24, 2.45) is 0 Å². The van der Waals surface area contributed by atoms with E-state index < -0.39 is 56.6 Å². The molecule has 3 amide bonds. The van der Waals surface area contributed by atoms with Gasteiger partial charge in [0.2, 0.25) is 17.8 Å². The fourth-order valence-electron chi connectivity index (χ4n) is 9.96. The number of carbonyl (C=O) groups is 4. The van der Waals surface area contributed by atoms with Crippen LogP contribution in [0.2, 0.25) is 10.0 Å². The summed E-state index contributed by atoms with van der Waals surface area (Å²) < 4.78 is 82.1. The van der Waals surface area contributed by atoms with Crippen molar-refractivity contribution < 1.29 is 56.4 Å². The van der Waals surface area contributed by atoms with E-state index in [4.69, 9.17) is 44.1 Å². The van der Waals surface area contributed by atoms with E-state index in [2.05, 4.69) is 41.5 Å². The second kappa shape index (κ2) is 32.9. The number of para-hydroxylation sites is 2. The Hall–Kier alpha value is -8.43. The minimum absolute atomic E-state index is 0.0571. The summed E-state index contributed by atoms with van der Waals surface area (Å²) in [6.45, 7) is 14.6. The van der Waals surface area contributed by atoms with Gasteiger partial charge in [-0.2, -0.15) is 0 Å². The lowest BCUT2D eigenvalue weighted by atomic mass is 10.1. The molecular weight excluding hydrogens is 1280 g/mol. The molecule has 6 N–H and O–H groups in total. The van der Waals surface area contributed by atoms with Gasteiger partial charge in [0.05, 0.1) is 63.2 Å². The van der Waals surface area contributed by atoms with Gasteiger partial charge < -0.3 is 46.1 Å². The number of halogens is 3. The van der Waals surface area contributed by atoms with Gasteiger partial charge >= 0.3 is 18.2 Å². The number of carbonyl (C=O) groups excluding carboxylic acids is 3. The number of nitrogens with one attached hydrogen (secondary N) is 5. The maximum absolute atomic E-state index is 13.6. The van der Waals surface area contributed by atoms with Crippen LogP contribution in [0.4, 0.5) is 25.9 Å². The highest BCUT2D eigenvalue weighted by molar-refractivity contribution is 7.90. The average Bonchev–Trinajstić information content (AvgIpc) is 1.61. The minimum Gasteiger partial charge on any atom is -0.481 e. The molecule has 0 bridgehead atoms. The van der Waals surface area contributed by atoms with Gasteiger partial charge in [-0.3, -0.25) is 14.0 Å². The predicted molar refractivity (Wildman–Crippen MR) is 358 cm³/mol. The standard InChI is InChI=1S/C32H37ClN6O5S.C22H20ClN5O2S.C10H19NO4.CH3F/c1-32(2,3)44-31(41)34-17-10-9-15-28(40)38-18-16-22(20-38)36-30-35-19-26(33)29(37-30)25-21-39(27-14-8-7-13-24(25)27)45(42,43)23-11-5-4-6-12-23;23-19-13-25-22(26-15-10-11-24-12-15)27-21(19)18-14-28(20-9-5-4-8-17(18)20)31(29,30)16-6-2-1-3-7-16;1-10(2,3)15-9(14)11-7-5-4-6-8(12)13;1-2/h4-8,11-14,19,21-22H,9-10,15-18,20H2,1-3H3,(H,34,41)(H,35,36,37);1-9,13-15,24H,10-12H2,(H,25,26,27);4-7H2,1-3H3,(H,11,14)(H,12,13);1H3/t22-;15-;;/m11../s1/i;;;1D. The molecule has 2 fully saturated rings. The van der Waals surface area contributed by atoms with Gasteiger partial charge in [-0.25, -0.2) is 54.3 Å². The molecule has 2 aliphatic heterocycles. The zero-order valence-corrected chi connectivity index (χ0v) is 55.7. The van der Waals surface area contributed by atoms with Crippen LogP contribution in [0.3, 0.4) is 0 Å². The molecule has 4 aromatic carbocycles. The van der Waals surface area contributed by atoms with Crippen LogP contribution >= 0.6 is 23.2 Å². The van der Waals surface area contributed by atoms with Gasteiger partial charge in [0, 0.05) is 91.9 Å². The fraction of sp³-hybridized carbons (Fsp3) is 0.385. The summed E-state index contributed by atoms with van der Waals surface area (Å²) in [5.41, 5.74) is 2.11. The number of alkyl carbamates (subject to hydrolysis) is 2. The summed E-state index contributed by atoms with van der Waals surface area (Å²) in [5, 5.41) is 25.6. The normalized spacial score (nSPS) is 14.9. The first-order valence-corrected chi connectivity index (χ1v) is 33.7. The molecule has 498 valence electrons. The van der Waals surface area contributed by atoms with E-state index in [0.717, 1.165) is 31.3 Å². The van der Waals surface area contributed by atoms with E-state index in [1.54, 1.807) is 118 Å². The van der Waals surface area contributed by atoms with Crippen LogP contribution in [0.25, 0.3) is 44.3 Å². The highest BCUT2D eigenvalue weighted by Gasteiger charge is 2.29. The zero-order chi connectivity index (χ0) is 68.2. The number of rotatable bonds is 20. The van der Waals surface area contributed by atoms with E-state index in [1.165, 1.54) is 14.1 Å². The maximum Gasteiger partial charge on any atom is 0.407 e. The molecule has 23 nitrogen and oxygen atoms in total. The van der Waals surface area contributed by atoms with Crippen LogP contribution < -0.4 is 26.6 Å². The van der Waals surface area contributed by atoms with Crippen LogP contribution in [0.15, 0.2) is 144 Å². The Morgan fingerprint density at radius 1 is 0.645 bits per heavy atom. The number of hydrogen-bond donors (Lipinski definition) is 6. The quantitative estimate of drug-likeness (QED) is 0.0386. The highest BCUT2D eigenvalue weighted by atomic mass is 35.5. The van der Waals surface area contributed by atoms with E-state index >= 15 is 0 Å². The van der Waals surface area contributed by atoms with Crippen molar-refractivity contribution in [1.29, 1.82) is 0 Å². The van der Waals surface area contributed by atoms with Crippen molar-refractivity contribution in [3.8, 4) is 22.5 Å². The van der Waals surface area contributed by atoms with Crippen LogP contribution in [0.5, 0.6) is 0 Å². The van der Waals surface area contributed by atoms with Crippen molar-refractivity contribution in [3.63, 3.8) is 0 Å². The van der Waals surface area contributed by atoms with Gasteiger partial charge in [-0.1, -0.05) is 96.0 Å². The molecule has 6 heterocycles. The topological polar surface area (TPSA) is 300 Å². The summed E-state index contributed by atoms with van der Waals surface area (Å²) in [5.74, 6) is 0.0505. The van der Waals surface area contributed by atoms with Crippen molar-refractivity contribution in [2.45, 2.75) is 126 Å². The first kappa shape index (κ1) is 70.4. The largest absolute Gasteiger partial charge is 0.481 e. The Kier molecular flexibility index (Phi) is 24.9. The Morgan fingerprint density at radius 2 is 1.08 bits per heavy atom. The number of alkyl halides is 1. The summed E-state index contributed by atoms with van der Waals surface area (Å²) in [7, 11) is -8.66. The number of unbranched alkanes of at least 4 members (excludes halogenated alkanes) is 2. The number of aromatic nitrogens is 6. The Morgan fingerprint density at radius 3 is 1.51 bits per heavy atom. The summed E-state index contributed by atoms with van der Waals surface area (Å²) >= 11 is 13.0. The molecule has 0 saturated carbocycles. The number of hydrogen-bond acceptors (Lipinski definition) is 17. The first-order chi connectivity index (χ1) is 44.7. The molecule has 28 heteroatoms. The molecule has 10 rings (SSSR count). The van der Waals surface area contributed by atoms with Crippen molar-refractivity contribution >= 4 is 101 Å². The van der Waals surface area contributed by atoms with Crippen molar-refractivity contribution in [2.75, 3.05) is 57.1 Å². The number of fused-ring (bicyclic) bond motifs is 2. The minimum atomic E-state index is -3.88. The number of benzene rings is 4. The fourth-order valence-corrected chi connectivity index (χ4v) is 13.1. The van der Waals surface area contributed by atoms with Gasteiger partial charge in [0.15, 0.2) is 0 Å². The van der Waals surface area contributed by atoms with Crippen LogP contribution in [-0.2, 0) is 39.1 Å². The van der Waals surface area contributed by atoms with E-state index in [1.807, 2.05) is 56.0 Å². The van der Waals surface area contributed by atoms with E-state index in [9.17, 15) is 40.4 Å². The van der Waals surface area contributed by atoms with Crippen LogP contribution in [0.1, 0.15) is 94.3 Å². The molecule has 2 aliphatic rings. The SMILES string of the molecule is CC(C)(C)OC(=O)NCCCCC(=O)N1CC[C@@H](Nc2ncc(Cl)c(-c3cn(S(=O)(=O)c4ccccc4)c4ccccc34)n2)C1.CC(C)(C)OC(=O)NCCCCC(=O)O.O=S(=O)(c1ccccc1)n1cc(-c2nc(N[C@@H]3CCNC3)ncc2Cl)c2ccccc21.[2H]CF. The molecular formula is C65H79Cl2FN12O11S2. The molecule has 0 spiro atoms. The third-order valence-electron chi connectivity index (χ3n) is 14.2. The van der Waals surface area contributed by atoms with Gasteiger partial charge in [0.1, 0.15) is 11.2 Å². The van der Waals surface area contributed by atoms with E-state index in [0.29, 0.717) is 114 Å². The lowest BCUT2D eigenvalue weighted by Gasteiger charge is -2.19.